The number of carbonyl (C=O) groups excluding carboxylic acids is 3. The van der Waals surface area contributed by atoms with Gasteiger partial charge in [0.1, 0.15) is 11.6 Å². The highest BCUT2D eigenvalue weighted by Gasteiger charge is 2.47. The van der Waals surface area contributed by atoms with Gasteiger partial charge in [0, 0.05) is 27.9 Å². The number of aliphatic carboxylic acids is 1. The molecule has 0 unspecified atom stereocenters. The summed E-state index contributed by atoms with van der Waals surface area (Å²) in [6.07, 6.45) is 0.122. The number of carboxylic acid groups (broad SMARTS) is 1. The highest BCUT2D eigenvalue weighted by molar-refractivity contribution is 6.30. The van der Waals surface area contributed by atoms with Gasteiger partial charge in [0.05, 0.1) is 6.04 Å². The van der Waals surface area contributed by atoms with Gasteiger partial charge in [-0.15, -0.1) is 0 Å². The molecule has 6 nitrogen and oxygen atoms in total. The maximum Gasteiger partial charge on any atom is 0.329 e. The summed E-state index contributed by atoms with van der Waals surface area (Å²) >= 11 is 12.4. The molecular formula is C27H30Cl2NO5-. The summed E-state index contributed by atoms with van der Waals surface area (Å²) < 4.78 is 5.67. The minimum absolute atomic E-state index is 0.266. The largest absolute Gasteiger partial charge is 0.550 e. The van der Waals surface area contributed by atoms with Crippen LogP contribution in [0.25, 0.3) is 0 Å². The number of likely N-dealkylation sites (tertiary alicyclic amines) is 1. The van der Waals surface area contributed by atoms with Crippen molar-refractivity contribution in [1.29, 1.82) is 0 Å². The number of rotatable bonds is 7. The van der Waals surface area contributed by atoms with E-state index < -0.39 is 47.9 Å². The number of hydrogen-bond donors (Lipinski definition) is 0. The lowest BCUT2D eigenvalue weighted by Crippen LogP contribution is -2.55. The summed E-state index contributed by atoms with van der Waals surface area (Å²) in [6, 6.07) is 12.9. The van der Waals surface area contributed by atoms with E-state index >= 15 is 0 Å². The maximum atomic E-state index is 13.8. The second-order valence-electron chi connectivity index (χ2n) is 9.87. The Bertz CT molecular complexity index is 1080. The molecule has 188 valence electrons. The molecule has 2 aromatic rings. The van der Waals surface area contributed by atoms with Crippen LogP contribution in [-0.4, -0.2) is 34.4 Å². The summed E-state index contributed by atoms with van der Waals surface area (Å²) in [5.41, 5.74) is 0.870. The predicted molar refractivity (Wildman–Crippen MR) is 133 cm³/mol. The lowest BCUT2D eigenvalue weighted by atomic mass is 9.74. The number of carboxylic acids is 1. The average molecular weight is 519 g/mol. The molecule has 35 heavy (non-hydrogen) atoms. The fourth-order valence-electron chi connectivity index (χ4n) is 4.75. The summed E-state index contributed by atoms with van der Waals surface area (Å²) in [5.74, 6) is -3.45. The Kier molecular flexibility index (Phi) is 8.50. The van der Waals surface area contributed by atoms with Crippen LogP contribution in [0.3, 0.4) is 0 Å². The van der Waals surface area contributed by atoms with Crippen LogP contribution >= 0.6 is 23.2 Å². The Morgan fingerprint density at radius 3 is 2.29 bits per heavy atom. The first kappa shape index (κ1) is 27.0. The van der Waals surface area contributed by atoms with Gasteiger partial charge in [-0.2, -0.15) is 0 Å². The first-order valence-electron chi connectivity index (χ1n) is 11.7. The normalized spacial score (nSPS) is 21.5. The highest BCUT2D eigenvalue weighted by atomic mass is 35.5. The van der Waals surface area contributed by atoms with Crippen molar-refractivity contribution in [2.75, 3.05) is 0 Å². The van der Waals surface area contributed by atoms with Crippen LogP contribution < -0.4 is 5.11 Å². The molecule has 0 spiro atoms. The van der Waals surface area contributed by atoms with Crippen molar-refractivity contribution in [3.05, 3.63) is 69.7 Å². The van der Waals surface area contributed by atoms with Gasteiger partial charge < -0.3 is 19.5 Å². The molecule has 1 aliphatic heterocycles. The Hall–Kier alpha value is -2.57. The van der Waals surface area contributed by atoms with E-state index in [2.05, 4.69) is 0 Å². The topological polar surface area (TPSA) is 86.7 Å². The van der Waals surface area contributed by atoms with Crippen molar-refractivity contribution in [2.45, 2.75) is 70.6 Å². The smallest absolute Gasteiger partial charge is 0.329 e. The summed E-state index contributed by atoms with van der Waals surface area (Å²) in [6.45, 7) is 7.09. The first-order chi connectivity index (χ1) is 16.4. The average Bonchev–Trinajstić information content (AvgIpc) is 2.75. The summed E-state index contributed by atoms with van der Waals surface area (Å²) in [5, 5.41) is 12.6. The number of nitrogens with zero attached hydrogens (tertiary/aromatic N) is 1. The van der Waals surface area contributed by atoms with Crippen LogP contribution in [0.15, 0.2) is 48.5 Å². The molecule has 1 amide bonds. The molecule has 1 heterocycles. The van der Waals surface area contributed by atoms with Crippen molar-refractivity contribution in [3.63, 3.8) is 0 Å². The van der Waals surface area contributed by atoms with Gasteiger partial charge in [0.2, 0.25) is 5.91 Å². The molecule has 8 heteroatoms. The van der Waals surface area contributed by atoms with Crippen LogP contribution in [0.5, 0.6) is 0 Å². The highest BCUT2D eigenvalue weighted by Crippen LogP contribution is 2.47. The zero-order valence-electron chi connectivity index (χ0n) is 20.3. The van der Waals surface area contributed by atoms with E-state index in [0.29, 0.717) is 16.5 Å². The number of hydrogen-bond acceptors (Lipinski definition) is 5. The summed E-state index contributed by atoms with van der Waals surface area (Å²) in [7, 11) is 0. The van der Waals surface area contributed by atoms with Crippen LogP contribution in [0.4, 0.5) is 0 Å². The molecule has 0 aromatic heterocycles. The zero-order chi connectivity index (χ0) is 25.9. The van der Waals surface area contributed by atoms with Gasteiger partial charge in [-0.1, -0.05) is 54.4 Å². The third-order valence-electron chi connectivity index (χ3n) is 6.13. The minimum Gasteiger partial charge on any atom is -0.550 e. The van der Waals surface area contributed by atoms with Crippen molar-refractivity contribution in [2.24, 2.45) is 5.92 Å². The van der Waals surface area contributed by atoms with E-state index in [1.54, 1.807) is 45.9 Å². The lowest BCUT2D eigenvalue weighted by Gasteiger charge is -2.48. The maximum absolute atomic E-state index is 13.8. The Morgan fingerprint density at radius 1 is 1.09 bits per heavy atom. The van der Waals surface area contributed by atoms with E-state index in [0.717, 1.165) is 11.1 Å². The zero-order valence-corrected chi connectivity index (χ0v) is 21.8. The number of carbonyl (C=O) groups is 3. The van der Waals surface area contributed by atoms with E-state index in [1.165, 1.54) is 4.90 Å². The second-order valence-corrected chi connectivity index (χ2v) is 10.7. The monoisotopic (exact) mass is 518 g/mol. The fraction of sp³-hybridized carbons (Fsp3) is 0.444. The van der Waals surface area contributed by atoms with Crippen molar-refractivity contribution < 1.29 is 24.2 Å². The number of ether oxygens (including phenoxy) is 1. The van der Waals surface area contributed by atoms with Crippen LogP contribution in [-0.2, 0) is 19.1 Å². The predicted octanol–water partition coefficient (Wildman–Crippen LogP) is 4.93. The van der Waals surface area contributed by atoms with Crippen molar-refractivity contribution in [1.82, 2.24) is 4.90 Å². The van der Waals surface area contributed by atoms with Gasteiger partial charge in [-0.25, -0.2) is 4.79 Å². The van der Waals surface area contributed by atoms with Gasteiger partial charge in [0.25, 0.3) is 0 Å². The minimum atomic E-state index is -1.32. The van der Waals surface area contributed by atoms with Crippen LogP contribution in [0.1, 0.15) is 70.0 Å². The lowest BCUT2D eigenvalue weighted by molar-refractivity contribution is -0.307. The van der Waals surface area contributed by atoms with Gasteiger partial charge >= 0.3 is 5.97 Å². The molecule has 3 rings (SSSR count). The van der Waals surface area contributed by atoms with Gasteiger partial charge in [0.15, 0.2) is 0 Å². The third-order valence-corrected chi connectivity index (χ3v) is 6.61. The van der Waals surface area contributed by atoms with E-state index in [9.17, 15) is 19.5 Å². The van der Waals surface area contributed by atoms with E-state index in [-0.39, 0.29) is 12.3 Å². The Morgan fingerprint density at radius 2 is 1.74 bits per heavy atom. The molecule has 1 fully saturated rings. The van der Waals surface area contributed by atoms with Crippen LogP contribution in [0.2, 0.25) is 10.0 Å². The van der Waals surface area contributed by atoms with Crippen molar-refractivity contribution in [3.8, 4) is 0 Å². The Balaban J connectivity index is 2.20. The molecule has 0 radical (unpaired) electrons. The second kappa shape index (κ2) is 11.0. The van der Waals surface area contributed by atoms with Gasteiger partial charge in [-0.3, -0.25) is 4.79 Å². The molecule has 1 saturated heterocycles. The molecule has 0 aliphatic carbocycles. The van der Waals surface area contributed by atoms with Gasteiger partial charge in [-0.05, 0) is 75.4 Å². The molecule has 4 atom stereocenters. The molecule has 2 aromatic carbocycles. The molecular weight excluding hydrogens is 489 g/mol. The SMILES string of the molecule is CC[C@@H](C(=O)OC(C)(C)C)N1C(=O)[C@@H](CC(=O)[O-])C[C@H](c2cccc(Cl)c2)[C@H]1c1ccc(Cl)cc1. The van der Waals surface area contributed by atoms with E-state index in [4.69, 9.17) is 27.9 Å². The quantitative estimate of drug-likeness (QED) is 0.485. The van der Waals surface area contributed by atoms with Crippen molar-refractivity contribution >= 4 is 41.0 Å². The first-order valence-corrected chi connectivity index (χ1v) is 12.4. The number of esters is 1. The standard InChI is InChI=1S/C27H31Cl2NO5/c1-5-22(26(34)35-27(2,3)4)30-24(16-9-11-19(28)12-10-16)21(17-7-6-8-20(29)13-17)14-18(25(30)33)15-23(31)32/h6-13,18,21-22,24H,5,14-15H2,1-4H3,(H,31,32)/p-1/t18-,21-,22+,24-/m1/s1. The fourth-order valence-corrected chi connectivity index (χ4v) is 5.08. The molecule has 0 saturated carbocycles. The summed E-state index contributed by atoms with van der Waals surface area (Å²) in [4.78, 5) is 40.2. The number of halogens is 2. The Labute approximate surface area is 216 Å². The third kappa shape index (κ3) is 6.56. The number of amides is 1. The van der Waals surface area contributed by atoms with Crippen LogP contribution in [0, 0.1) is 5.92 Å². The van der Waals surface area contributed by atoms with E-state index in [1.807, 2.05) is 30.3 Å². The number of benzene rings is 2. The molecule has 0 N–H and O–H groups in total. The molecule has 1 aliphatic rings. The number of piperidine rings is 1. The molecule has 0 bridgehead atoms.